The quantitative estimate of drug-likeness (QED) is 0.0166. The number of nitrogens with one attached hydrogen (secondary N) is 5. The summed E-state index contributed by atoms with van der Waals surface area (Å²) in [4.78, 5) is 155. The maximum Gasteiger partial charge on any atom is 0.396 e. The van der Waals surface area contributed by atoms with Gasteiger partial charge in [0, 0.05) is 74.0 Å². The molecule has 6 heterocycles. The fourth-order valence-electron chi connectivity index (χ4n) is 13.8. The molecule has 8 amide bonds. The summed E-state index contributed by atoms with van der Waals surface area (Å²) in [5, 5.41) is 27.7. The first-order valence-corrected chi connectivity index (χ1v) is 35.6. The average molecular weight is 1390 g/mol. The van der Waals surface area contributed by atoms with Gasteiger partial charge in [-0.15, -0.1) is 11.3 Å². The fourth-order valence-corrected chi connectivity index (χ4v) is 15.4. The first-order chi connectivity index (χ1) is 46.1. The molecule has 0 bridgehead atoms. The summed E-state index contributed by atoms with van der Waals surface area (Å²) in [7, 11) is -5.10. The van der Waals surface area contributed by atoms with Crippen LogP contribution in [0.5, 0.6) is 5.75 Å². The van der Waals surface area contributed by atoms with Crippen LogP contribution in [0.15, 0.2) is 76.8 Å². The summed E-state index contributed by atoms with van der Waals surface area (Å²) in [6.45, 7) is 9.35. The van der Waals surface area contributed by atoms with Gasteiger partial charge in [-0.1, -0.05) is 73.4 Å². The number of thiazole rings is 1. The van der Waals surface area contributed by atoms with Gasteiger partial charge >= 0.3 is 7.60 Å². The number of fused-ring (bicyclic) bond motifs is 3. The Balaban J connectivity index is 0.737. The van der Waals surface area contributed by atoms with Gasteiger partial charge in [0.25, 0.3) is 11.4 Å². The number of carbonyl (C=O) groups is 9. The number of likely N-dealkylation sites (tertiary alicyclic amines) is 1. The predicted octanol–water partition coefficient (Wildman–Crippen LogP) is 6.59. The number of primary amides is 1. The van der Waals surface area contributed by atoms with Crippen LogP contribution in [0, 0.1) is 19.3 Å². The van der Waals surface area contributed by atoms with Crippen molar-refractivity contribution in [3.05, 3.63) is 122 Å². The molecule has 26 nitrogen and oxygen atoms in total. The zero-order valence-electron chi connectivity index (χ0n) is 54.8. The molecule has 3 aliphatic heterocycles. The minimum absolute atomic E-state index is 0.0199. The highest BCUT2D eigenvalue weighted by Crippen LogP contribution is 2.47. The predicted molar refractivity (Wildman–Crippen MR) is 359 cm³/mol. The average Bonchev–Trinajstić information content (AvgIpc) is 1.64. The number of benzene rings is 3. The van der Waals surface area contributed by atoms with Crippen LogP contribution in [-0.4, -0.2) is 167 Å². The van der Waals surface area contributed by atoms with Crippen molar-refractivity contribution in [2.24, 2.45) is 11.1 Å². The molecule has 6 aromatic rings. The monoisotopic (exact) mass is 1390 g/mol. The Hall–Kier alpha value is -8.33. The number of hydrogen-bond donors (Lipinski definition) is 9. The molecule has 0 saturated carbocycles. The molecule has 0 spiro atoms. The summed E-state index contributed by atoms with van der Waals surface area (Å²) in [5.41, 5.74) is 10.4. The Labute approximate surface area is 569 Å². The highest BCUT2D eigenvalue weighted by Gasteiger charge is 2.50. The lowest BCUT2D eigenvalue weighted by Crippen LogP contribution is -2.61. The van der Waals surface area contributed by atoms with E-state index < -0.39 is 96.3 Å². The number of aromatic amines is 1. The maximum absolute atomic E-state index is 14.7. The number of halogens is 1. The largest absolute Gasteiger partial charge is 0.490 e. The number of nitrogens with zero attached hydrogens (tertiary/aromatic N) is 5. The van der Waals surface area contributed by atoms with Crippen LogP contribution in [0.4, 0.5) is 0 Å². The van der Waals surface area contributed by atoms with Gasteiger partial charge in [0.1, 0.15) is 42.1 Å². The zero-order valence-corrected chi connectivity index (χ0v) is 57.2. The van der Waals surface area contributed by atoms with E-state index in [1.807, 2.05) is 58.0 Å². The van der Waals surface area contributed by atoms with Crippen LogP contribution in [-0.2, 0) is 51.0 Å². The van der Waals surface area contributed by atoms with Crippen LogP contribution < -0.4 is 31.7 Å². The number of β-amino-alcohol motifs (C(OH)–C–C–N with tert-alkyl or cyclic N) is 1. The lowest BCUT2D eigenvalue weighted by molar-refractivity contribution is -0.145. The van der Waals surface area contributed by atoms with Gasteiger partial charge in [0.2, 0.25) is 41.4 Å². The highest BCUT2D eigenvalue weighted by atomic mass is 35.5. The van der Waals surface area contributed by atoms with E-state index in [1.165, 1.54) is 57.2 Å². The zero-order chi connectivity index (χ0) is 69.6. The third-order valence-corrected chi connectivity index (χ3v) is 21.3. The number of aryl methyl sites for hydroxylation is 3. The van der Waals surface area contributed by atoms with Crippen molar-refractivity contribution in [3.8, 4) is 16.2 Å². The van der Waals surface area contributed by atoms with Crippen molar-refractivity contribution in [3.63, 3.8) is 0 Å². The Morgan fingerprint density at radius 2 is 1.70 bits per heavy atom. The molecular weight excluding hydrogens is 1310 g/mol. The molecule has 3 aromatic heterocycles. The molecule has 10 rings (SSSR count). The SMILES string of the molecule is CC(=O)N1CC[C@H]2CC[C@@H](C(=O)N[C@@H](CCC(N)=O)COc3cccc(CCCCCNC(=O)C[C@H](NC(=O)[C@@H]4C[C@@H](O)CN4C(=O)[C@H]4c5onc(C)c5CCCC4(C)C)c4ccc(-c5scnc5C)cc4)c3Cl)N2C(=O)[C@@H](NC(=O)c2cc3cc(C(=O)P(=O)(O)O)ccc3[nH]2)C1. The number of amides is 8. The van der Waals surface area contributed by atoms with E-state index >= 15 is 0 Å². The van der Waals surface area contributed by atoms with Crippen LogP contribution >= 0.6 is 30.5 Å². The van der Waals surface area contributed by atoms with Crippen molar-refractivity contribution < 1.29 is 71.9 Å². The Kier molecular flexibility index (Phi) is 22.5. The molecule has 3 saturated heterocycles. The van der Waals surface area contributed by atoms with Gasteiger partial charge in [-0.2, -0.15) is 0 Å². The number of rotatable bonds is 25. The number of aromatic nitrogens is 3. The van der Waals surface area contributed by atoms with E-state index in [1.54, 1.807) is 17.6 Å². The molecule has 4 aliphatic rings. The minimum Gasteiger partial charge on any atom is -0.490 e. The molecule has 0 unspecified atom stereocenters. The summed E-state index contributed by atoms with van der Waals surface area (Å²) >= 11 is 8.48. The first kappa shape index (κ1) is 71.4. The lowest BCUT2D eigenvalue weighted by Gasteiger charge is -2.38. The molecule has 3 fully saturated rings. The number of aliphatic hydroxyl groups excluding tert-OH is 1. The summed E-state index contributed by atoms with van der Waals surface area (Å²) in [6.07, 6.45) is 4.80. The molecular formula is C68H83ClN11O15PS. The summed E-state index contributed by atoms with van der Waals surface area (Å²) < 4.78 is 23.7. The van der Waals surface area contributed by atoms with Gasteiger partial charge in [0.15, 0.2) is 5.76 Å². The van der Waals surface area contributed by atoms with Crippen LogP contribution in [0.25, 0.3) is 21.3 Å². The summed E-state index contributed by atoms with van der Waals surface area (Å²) in [5.74, 6) is -3.85. The second kappa shape index (κ2) is 30.6. The highest BCUT2D eigenvalue weighted by molar-refractivity contribution is 7.70. The number of H-pyrrole nitrogens is 1. The maximum atomic E-state index is 14.7. The van der Waals surface area contributed by atoms with Gasteiger partial charge < -0.3 is 70.8 Å². The number of aliphatic hydroxyl groups is 1. The topological polar surface area (TPSA) is 379 Å². The second-order valence-corrected chi connectivity index (χ2v) is 29.2. The van der Waals surface area contributed by atoms with Crippen LogP contribution in [0.2, 0.25) is 5.02 Å². The number of ether oxygens (including phenoxy) is 1. The van der Waals surface area contributed by atoms with E-state index in [0.717, 1.165) is 52.2 Å². The van der Waals surface area contributed by atoms with Gasteiger partial charge in [-0.05, 0) is 130 Å². The summed E-state index contributed by atoms with van der Waals surface area (Å²) in [6, 6.07) is 12.7. The minimum atomic E-state index is -5.10. The molecule has 0 radical (unpaired) electrons. The molecule has 10 N–H and O–H groups in total. The molecule has 518 valence electrons. The third kappa shape index (κ3) is 16.8. The molecule has 97 heavy (non-hydrogen) atoms. The van der Waals surface area contributed by atoms with Crippen molar-refractivity contribution in [1.82, 2.24) is 51.1 Å². The normalized spacial score (nSPS) is 20.8. The fraction of sp³-hybridized carbons (Fsp3) is 0.485. The van der Waals surface area contributed by atoms with Crippen molar-refractivity contribution in [1.29, 1.82) is 0 Å². The molecule has 1 aliphatic carbocycles. The van der Waals surface area contributed by atoms with E-state index in [0.29, 0.717) is 72.7 Å². The van der Waals surface area contributed by atoms with Crippen LogP contribution in [0.3, 0.4) is 0 Å². The van der Waals surface area contributed by atoms with Gasteiger partial charge in [0.05, 0.1) is 51.4 Å². The number of carbonyl (C=O) groups excluding carboxylic acids is 9. The van der Waals surface area contributed by atoms with Crippen LogP contribution in [0.1, 0.15) is 164 Å². The Morgan fingerprint density at radius 3 is 2.42 bits per heavy atom. The third-order valence-electron chi connectivity index (χ3n) is 19.1. The smallest absolute Gasteiger partial charge is 0.396 e. The Morgan fingerprint density at radius 1 is 0.938 bits per heavy atom. The number of nitrogens with two attached hydrogens (primary N) is 1. The molecule has 29 heteroatoms. The molecule has 3 aromatic carbocycles. The molecule has 8 atom stereocenters. The Bertz CT molecular complexity index is 4020. The number of hydrogen-bond acceptors (Lipinski definition) is 16. The van der Waals surface area contributed by atoms with E-state index in [-0.39, 0.29) is 92.7 Å². The van der Waals surface area contributed by atoms with E-state index in [4.69, 9.17) is 26.6 Å². The van der Waals surface area contributed by atoms with Crippen molar-refractivity contribution in [2.75, 3.05) is 32.8 Å². The van der Waals surface area contributed by atoms with E-state index in [2.05, 4.69) is 36.4 Å². The van der Waals surface area contributed by atoms with E-state index in [9.17, 15) is 62.6 Å². The van der Waals surface area contributed by atoms with Gasteiger partial charge in [-0.25, -0.2) is 4.98 Å². The van der Waals surface area contributed by atoms with Crippen molar-refractivity contribution >= 4 is 94.2 Å². The lowest BCUT2D eigenvalue weighted by atomic mass is 9.74. The second-order valence-electron chi connectivity index (χ2n) is 26.5. The van der Waals surface area contributed by atoms with Gasteiger partial charge in [-0.3, -0.25) is 47.7 Å². The first-order valence-electron chi connectivity index (χ1n) is 32.8. The van der Waals surface area contributed by atoms with Crippen molar-refractivity contribution in [2.45, 2.75) is 173 Å². The standard InChI is InChI=1S/C68H83ClN11O15PS/c1-37-48-13-10-26-68(4,5)58(60(48)95-77-37)66(89)79-33-47(82)31-54(79)64(87)75-50(40-15-17-42(18-16-40)61-38(2)72-36-97-61)32-57(84)71-27-8-6-7-11-41-12-9-14-55(59(41)69)94-35-45(20-24-56(70)83)73-63(86)53-23-21-46-25-28-78(39(3)81)34-52(65(88)80(46)53)76-62(85)51-30-44-29-43(19-22-49(44)74-51)67(90)96(91,92)93/h9,12,14-19,22,29-30,36,45-47,50,52-54,58,74,82H,6-8,10-11,13,20-21,23-28,31-35H2,1-5H3,(H2,70,83)(H,71,84)(H,73,86)(H,75,87)(H,76,85)(H2,91,92,93)/t45-,46+,47+,50-,52-,53-,54-,58+/m0/s1. The number of unbranched alkanes of at least 4 members (excludes halogenated alkanes) is 2.